The summed E-state index contributed by atoms with van der Waals surface area (Å²) in [5.74, 6) is 0. The van der Waals surface area contributed by atoms with Gasteiger partial charge in [0.15, 0.2) is 5.13 Å². The van der Waals surface area contributed by atoms with Gasteiger partial charge in [0.25, 0.3) is 0 Å². The Morgan fingerprint density at radius 1 is 1.29 bits per heavy atom. The maximum Gasteiger partial charge on any atom is 0.183 e. The Kier molecular flexibility index (Phi) is 4.53. The first-order chi connectivity index (χ1) is 10.3. The minimum atomic E-state index is -0.128. The quantitative estimate of drug-likeness (QED) is 0.919. The molecule has 0 spiro atoms. The van der Waals surface area contributed by atoms with Gasteiger partial charge in [0.1, 0.15) is 0 Å². The SMILES string of the molecule is COC1(CNc2nc(-c3ccccc3)cs2)CCOCC1. The molecular formula is C16H20N2O2S. The third kappa shape index (κ3) is 3.43. The molecule has 21 heavy (non-hydrogen) atoms. The van der Waals surface area contributed by atoms with Crippen molar-refractivity contribution in [2.24, 2.45) is 0 Å². The van der Waals surface area contributed by atoms with Crippen molar-refractivity contribution in [2.45, 2.75) is 18.4 Å². The van der Waals surface area contributed by atoms with Gasteiger partial charge in [-0.05, 0) is 0 Å². The van der Waals surface area contributed by atoms with E-state index in [1.54, 1.807) is 18.4 Å². The lowest BCUT2D eigenvalue weighted by Crippen LogP contribution is -2.44. The number of hydrogen-bond donors (Lipinski definition) is 1. The van der Waals surface area contributed by atoms with Crippen LogP contribution >= 0.6 is 11.3 Å². The number of ether oxygens (including phenoxy) is 2. The van der Waals surface area contributed by atoms with Crippen molar-refractivity contribution in [3.8, 4) is 11.3 Å². The number of nitrogens with zero attached hydrogens (tertiary/aromatic N) is 1. The summed E-state index contributed by atoms with van der Waals surface area (Å²) in [6, 6.07) is 10.2. The monoisotopic (exact) mass is 304 g/mol. The van der Waals surface area contributed by atoms with Gasteiger partial charge in [0.05, 0.1) is 11.3 Å². The molecule has 3 rings (SSSR count). The summed E-state index contributed by atoms with van der Waals surface area (Å²) in [7, 11) is 1.78. The minimum absolute atomic E-state index is 0.128. The molecule has 0 bridgehead atoms. The molecule has 1 aromatic carbocycles. The zero-order chi connectivity index (χ0) is 14.5. The number of thiazole rings is 1. The smallest absolute Gasteiger partial charge is 0.183 e. The topological polar surface area (TPSA) is 43.4 Å². The van der Waals surface area contributed by atoms with Gasteiger partial charge in [0.2, 0.25) is 0 Å². The van der Waals surface area contributed by atoms with Crippen molar-refractivity contribution in [3.05, 3.63) is 35.7 Å². The van der Waals surface area contributed by atoms with Crippen LogP contribution in [0.5, 0.6) is 0 Å². The molecule has 1 aliphatic rings. The molecule has 0 amide bonds. The van der Waals surface area contributed by atoms with Crippen LogP contribution in [0.2, 0.25) is 0 Å². The number of aromatic nitrogens is 1. The highest BCUT2D eigenvalue weighted by Crippen LogP contribution is 2.28. The summed E-state index contributed by atoms with van der Waals surface area (Å²) in [5.41, 5.74) is 2.03. The van der Waals surface area contributed by atoms with Crippen molar-refractivity contribution in [3.63, 3.8) is 0 Å². The van der Waals surface area contributed by atoms with Crippen LogP contribution in [0.15, 0.2) is 35.7 Å². The standard InChI is InChI=1S/C16H20N2O2S/c1-19-16(7-9-20-10-8-16)12-17-15-18-14(11-21-15)13-5-3-2-4-6-13/h2-6,11H,7-10,12H2,1H3,(H,17,18). The number of benzene rings is 1. The van der Waals surface area contributed by atoms with Crippen LogP contribution < -0.4 is 5.32 Å². The molecule has 2 heterocycles. The van der Waals surface area contributed by atoms with Crippen LogP contribution in [0, 0.1) is 0 Å². The highest BCUT2D eigenvalue weighted by Gasteiger charge is 2.32. The van der Waals surface area contributed by atoms with Crippen molar-refractivity contribution < 1.29 is 9.47 Å². The number of nitrogens with one attached hydrogen (secondary N) is 1. The Labute approximate surface area is 129 Å². The van der Waals surface area contributed by atoms with Gasteiger partial charge in [-0.15, -0.1) is 11.3 Å². The van der Waals surface area contributed by atoms with Crippen LogP contribution in [-0.4, -0.2) is 37.5 Å². The predicted octanol–water partition coefficient (Wildman–Crippen LogP) is 3.42. The molecule has 2 aromatic rings. The van der Waals surface area contributed by atoms with Gasteiger partial charge in [-0.2, -0.15) is 0 Å². The first-order valence-electron chi connectivity index (χ1n) is 7.19. The maximum absolute atomic E-state index is 5.73. The van der Waals surface area contributed by atoms with Gasteiger partial charge in [-0.25, -0.2) is 4.98 Å². The van der Waals surface area contributed by atoms with E-state index in [0.29, 0.717) is 0 Å². The molecular weight excluding hydrogens is 284 g/mol. The molecule has 5 heteroatoms. The van der Waals surface area contributed by atoms with E-state index in [4.69, 9.17) is 9.47 Å². The summed E-state index contributed by atoms with van der Waals surface area (Å²) >= 11 is 1.63. The third-order valence-electron chi connectivity index (χ3n) is 3.97. The van der Waals surface area contributed by atoms with Gasteiger partial charge >= 0.3 is 0 Å². The Morgan fingerprint density at radius 2 is 2.05 bits per heavy atom. The summed E-state index contributed by atoms with van der Waals surface area (Å²) < 4.78 is 11.1. The molecule has 1 N–H and O–H groups in total. The molecule has 0 unspecified atom stereocenters. The summed E-state index contributed by atoms with van der Waals surface area (Å²) in [5, 5.41) is 6.45. The van der Waals surface area contributed by atoms with E-state index < -0.39 is 0 Å². The van der Waals surface area contributed by atoms with Crippen molar-refractivity contribution in [2.75, 3.05) is 32.2 Å². The fraction of sp³-hybridized carbons (Fsp3) is 0.438. The fourth-order valence-electron chi connectivity index (χ4n) is 2.53. The van der Waals surface area contributed by atoms with Crippen LogP contribution in [-0.2, 0) is 9.47 Å². The predicted molar refractivity (Wildman–Crippen MR) is 85.8 cm³/mol. The fourth-order valence-corrected chi connectivity index (χ4v) is 3.25. The molecule has 0 aliphatic carbocycles. The second-order valence-electron chi connectivity index (χ2n) is 5.26. The van der Waals surface area contributed by atoms with Crippen LogP contribution in [0.3, 0.4) is 0 Å². The highest BCUT2D eigenvalue weighted by atomic mass is 32.1. The number of methoxy groups -OCH3 is 1. The molecule has 0 radical (unpaired) electrons. The molecule has 1 saturated heterocycles. The Morgan fingerprint density at radius 3 is 2.76 bits per heavy atom. The van der Waals surface area contributed by atoms with Gasteiger partial charge < -0.3 is 14.8 Å². The average molecular weight is 304 g/mol. The summed E-state index contributed by atoms with van der Waals surface area (Å²) in [6.45, 7) is 2.31. The molecule has 0 saturated carbocycles. The van der Waals surface area contributed by atoms with E-state index in [1.807, 2.05) is 18.2 Å². The third-order valence-corrected chi connectivity index (χ3v) is 4.77. The van der Waals surface area contributed by atoms with Crippen molar-refractivity contribution in [1.29, 1.82) is 0 Å². The second-order valence-corrected chi connectivity index (χ2v) is 6.12. The number of rotatable bonds is 5. The first kappa shape index (κ1) is 14.5. The minimum Gasteiger partial charge on any atom is -0.381 e. The highest BCUT2D eigenvalue weighted by molar-refractivity contribution is 7.14. The Hall–Kier alpha value is -1.43. The van der Waals surface area contributed by atoms with E-state index >= 15 is 0 Å². The molecule has 1 aromatic heterocycles. The lowest BCUT2D eigenvalue weighted by molar-refractivity contribution is -0.0807. The molecule has 0 atom stereocenters. The normalized spacial score (nSPS) is 17.6. The molecule has 112 valence electrons. The second kappa shape index (κ2) is 6.56. The summed E-state index contributed by atoms with van der Waals surface area (Å²) in [4.78, 5) is 4.65. The lowest BCUT2D eigenvalue weighted by Gasteiger charge is -2.35. The first-order valence-corrected chi connectivity index (χ1v) is 8.07. The van der Waals surface area contributed by atoms with Crippen molar-refractivity contribution >= 4 is 16.5 Å². The van der Waals surface area contributed by atoms with E-state index in [9.17, 15) is 0 Å². The van der Waals surface area contributed by atoms with Gasteiger partial charge in [-0.3, -0.25) is 0 Å². The van der Waals surface area contributed by atoms with Crippen LogP contribution in [0.25, 0.3) is 11.3 Å². The lowest BCUT2D eigenvalue weighted by atomic mass is 9.94. The van der Waals surface area contributed by atoms with Crippen LogP contribution in [0.4, 0.5) is 5.13 Å². The van der Waals surface area contributed by atoms with E-state index in [2.05, 4.69) is 27.8 Å². The van der Waals surface area contributed by atoms with E-state index in [0.717, 1.165) is 49.0 Å². The zero-order valence-corrected chi connectivity index (χ0v) is 13.0. The number of anilines is 1. The summed E-state index contributed by atoms with van der Waals surface area (Å²) in [6.07, 6.45) is 1.85. The largest absolute Gasteiger partial charge is 0.381 e. The van der Waals surface area contributed by atoms with Crippen molar-refractivity contribution in [1.82, 2.24) is 4.98 Å². The van der Waals surface area contributed by atoms with Crippen LogP contribution in [0.1, 0.15) is 12.8 Å². The van der Waals surface area contributed by atoms with E-state index in [-0.39, 0.29) is 5.60 Å². The Bertz CT molecular complexity index is 565. The molecule has 1 aliphatic heterocycles. The molecule has 1 fully saturated rings. The maximum atomic E-state index is 5.73. The van der Waals surface area contributed by atoms with E-state index in [1.165, 1.54) is 0 Å². The zero-order valence-electron chi connectivity index (χ0n) is 12.2. The van der Waals surface area contributed by atoms with Gasteiger partial charge in [-0.1, -0.05) is 30.3 Å². The van der Waals surface area contributed by atoms with Gasteiger partial charge in [0, 0.05) is 50.7 Å². The average Bonchev–Trinajstić information content (AvgIpc) is 3.04. The number of hydrogen-bond acceptors (Lipinski definition) is 5. The Balaban J connectivity index is 1.65. The molecule has 4 nitrogen and oxygen atoms in total.